The molecule has 0 aliphatic carbocycles. The Morgan fingerprint density at radius 2 is 2.10 bits per heavy atom. The Bertz CT molecular complexity index is 1080. The predicted molar refractivity (Wildman–Crippen MR) is 116 cm³/mol. The number of rotatable bonds is 7. The van der Waals surface area contributed by atoms with Gasteiger partial charge in [0.1, 0.15) is 11.6 Å². The van der Waals surface area contributed by atoms with Crippen molar-refractivity contribution < 1.29 is 14.0 Å². The maximum atomic E-state index is 13.3. The van der Waals surface area contributed by atoms with E-state index in [4.69, 9.17) is 5.73 Å². The Morgan fingerprint density at radius 3 is 2.77 bits per heavy atom. The fourth-order valence-corrected chi connectivity index (χ4v) is 3.80. The molecule has 0 atom stereocenters. The molecule has 1 aromatic carbocycles. The Kier molecular flexibility index (Phi) is 7.28. The number of halogens is 1. The summed E-state index contributed by atoms with van der Waals surface area (Å²) in [6.07, 6.45) is 5.20. The number of aromatic amines is 1. The van der Waals surface area contributed by atoms with Crippen molar-refractivity contribution in [3.8, 4) is 0 Å². The van der Waals surface area contributed by atoms with Crippen LogP contribution in [0.15, 0.2) is 39.8 Å². The fraction of sp³-hybridized carbons (Fsp3) is 0.409. The standard InChI is InChI=1S/C22H26FN5O3/c1-25-13-15(12-24)21(30)14-7-9-28(10-8-14)20(29)4-2-3-19-26-18-6-5-16(23)11-17(18)22(31)27-19/h5-6,11-14H,2-4,7-10,24H2,1H3,(H,26,27,31). The zero-order valence-corrected chi connectivity index (χ0v) is 17.4. The number of hydrogen-bond acceptors (Lipinski definition) is 6. The van der Waals surface area contributed by atoms with Crippen LogP contribution in [0.1, 0.15) is 31.5 Å². The van der Waals surface area contributed by atoms with Gasteiger partial charge in [-0.25, -0.2) is 9.37 Å². The molecule has 3 rings (SSSR count). The van der Waals surface area contributed by atoms with Crippen LogP contribution in [0.4, 0.5) is 4.39 Å². The second kappa shape index (κ2) is 10.1. The second-order valence-electron chi connectivity index (χ2n) is 7.56. The summed E-state index contributed by atoms with van der Waals surface area (Å²) in [7, 11) is 1.58. The zero-order chi connectivity index (χ0) is 22.4. The molecule has 2 heterocycles. The lowest BCUT2D eigenvalue weighted by molar-refractivity contribution is -0.134. The number of benzene rings is 1. The van der Waals surface area contributed by atoms with Crippen molar-refractivity contribution in [3.63, 3.8) is 0 Å². The lowest BCUT2D eigenvalue weighted by atomic mass is 9.89. The average Bonchev–Trinajstić information content (AvgIpc) is 2.77. The number of H-pyrrole nitrogens is 1. The molecule has 1 fully saturated rings. The summed E-state index contributed by atoms with van der Waals surface area (Å²) in [5.41, 5.74) is 5.94. The highest BCUT2D eigenvalue weighted by Gasteiger charge is 2.28. The molecule has 0 radical (unpaired) electrons. The normalized spacial score (nSPS) is 15.7. The van der Waals surface area contributed by atoms with Gasteiger partial charge in [-0.05, 0) is 37.5 Å². The van der Waals surface area contributed by atoms with Gasteiger partial charge in [0, 0.05) is 51.3 Å². The van der Waals surface area contributed by atoms with Crippen LogP contribution in [-0.2, 0) is 16.0 Å². The topological polar surface area (TPSA) is 122 Å². The summed E-state index contributed by atoms with van der Waals surface area (Å²) < 4.78 is 13.3. The smallest absolute Gasteiger partial charge is 0.258 e. The van der Waals surface area contributed by atoms with Crippen molar-refractivity contribution in [1.29, 1.82) is 0 Å². The first-order chi connectivity index (χ1) is 14.9. The predicted octanol–water partition coefficient (Wildman–Crippen LogP) is 1.74. The minimum Gasteiger partial charge on any atom is -0.404 e. The van der Waals surface area contributed by atoms with Crippen LogP contribution in [-0.4, -0.2) is 52.9 Å². The number of likely N-dealkylation sites (tertiary alicyclic amines) is 1. The van der Waals surface area contributed by atoms with E-state index < -0.39 is 11.4 Å². The number of Topliss-reactive ketones (excluding diaryl/α,β-unsaturated/α-hetero) is 1. The van der Waals surface area contributed by atoms with E-state index in [1.165, 1.54) is 24.5 Å². The molecular weight excluding hydrogens is 401 g/mol. The van der Waals surface area contributed by atoms with Crippen molar-refractivity contribution in [2.45, 2.75) is 32.1 Å². The van der Waals surface area contributed by atoms with Gasteiger partial charge in [0.25, 0.3) is 5.56 Å². The molecule has 3 N–H and O–H groups in total. The van der Waals surface area contributed by atoms with Gasteiger partial charge in [-0.15, -0.1) is 0 Å². The first kappa shape index (κ1) is 22.3. The SMILES string of the molecule is CN=CC(=CN)C(=O)C1CCN(C(=O)CCCc2nc3ccc(F)cc3c(=O)[nH]2)CC1. The number of ketones is 1. The van der Waals surface area contributed by atoms with Crippen molar-refractivity contribution in [1.82, 2.24) is 14.9 Å². The molecule has 1 saturated heterocycles. The molecule has 0 spiro atoms. The molecule has 8 nitrogen and oxygen atoms in total. The van der Waals surface area contributed by atoms with E-state index in [0.717, 1.165) is 6.07 Å². The molecule has 0 bridgehead atoms. The van der Waals surface area contributed by atoms with Gasteiger partial charge in [0.15, 0.2) is 5.78 Å². The number of allylic oxidation sites excluding steroid dienone is 1. The van der Waals surface area contributed by atoms with E-state index in [-0.39, 0.29) is 23.0 Å². The molecule has 1 aliphatic heterocycles. The molecule has 0 unspecified atom stereocenters. The van der Waals surface area contributed by atoms with Crippen LogP contribution in [0, 0.1) is 11.7 Å². The van der Waals surface area contributed by atoms with Crippen LogP contribution in [0.25, 0.3) is 10.9 Å². The number of fused-ring (bicyclic) bond motifs is 1. The maximum Gasteiger partial charge on any atom is 0.258 e. The van der Waals surface area contributed by atoms with E-state index in [1.807, 2.05) is 0 Å². The van der Waals surface area contributed by atoms with Crippen molar-refractivity contribution >= 4 is 28.8 Å². The number of nitrogens with one attached hydrogen (secondary N) is 1. The van der Waals surface area contributed by atoms with Crippen molar-refractivity contribution in [3.05, 3.63) is 52.0 Å². The van der Waals surface area contributed by atoms with E-state index in [9.17, 15) is 18.8 Å². The Labute approximate surface area is 179 Å². The monoisotopic (exact) mass is 427 g/mol. The van der Waals surface area contributed by atoms with E-state index in [0.29, 0.717) is 62.1 Å². The molecule has 31 heavy (non-hydrogen) atoms. The molecule has 1 aliphatic rings. The number of carbonyl (C=O) groups is 2. The van der Waals surface area contributed by atoms with Gasteiger partial charge in [0.05, 0.1) is 16.5 Å². The van der Waals surface area contributed by atoms with Crippen LogP contribution >= 0.6 is 0 Å². The number of carbonyl (C=O) groups excluding carboxylic acids is 2. The van der Waals surface area contributed by atoms with Crippen LogP contribution in [0.2, 0.25) is 0 Å². The van der Waals surface area contributed by atoms with Gasteiger partial charge in [-0.1, -0.05) is 0 Å². The summed E-state index contributed by atoms with van der Waals surface area (Å²) in [6.45, 7) is 1.04. The molecule has 1 aromatic heterocycles. The van der Waals surface area contributed by atoms with Crippen molar-refractivity contribution in [2.24, 2.45) is 16.6 Å². The van der Waals surface area contributed by atoms with Gasteiger partial charge in [-0.3, -0.25) is 19.4 Å². The fourth-order valence-electron chi connectivity index (χ4n) is 3.80. The summed E-state index contributed by atoms with van der Waals surface area (Å²) in [4.78, 5) is 49.7. The molecule has 1 amide bonds. The third-order valence-corrected chi connectivity index (χ3v) is 5.47. The zero-order valence-electron chi connectivity index (χ0n) is 17.4. The summed E-state index contributed by atoms with van der Waals surface area (Å²) in [5.74, 6) is -0.196. The summed E-state index contributed by atoms with van der Waals surface area (Å²) in [6, 6.07) is 3.89. The van der Waals surface area contributed by atoms with Crippen molar-refractivity contribution in [2.75, 3.05) is 20.1 Å². The minimum absolute atomic E-state index is 0.0146. The Morgan fingerprint density at radius 1 is 1.35 bits per heavy atom. The summed E-state index contributed by atoms with van der Waals surface area (Å²) >= 11 is 0. The molecular formula is C22H26FN5O3. The Hall–Kier alpha value is -3.36. The van der Waals surface area contributed by atoms with Crippen LogP contribution < -0.4 is 11.3 Å². The van der Waals surface area contributed by atoms with E-state index >= 15 is 0 Å². The third-order valence-electron chi connectivity index (χ3n) is 5.47. The number of amides is 1. The third kappa shape index (κ3) is 5.42. The number of nitrogens with zero attached hydrogens (tertiary/aromatic N) is 3. The average molecular weight is 427 g/mol. The lowest BCUT2D eigenvalue weighted by Crippen LogP contribution is -2.40. The van der Waals surface area contributed by atoms with E-state index in [1.54, 1.807) is 11.9 Å². The van der Waals surface area contributed by atoms with Crippen LogP contribution in [0.3, 0.4) is 0 Å². The van der Waals surface area contributed by atoms with E-state index in [2.05, 4.69) is 15.0 Å². The molecule has 9 heteroatoms. The Balaban J connectivity index is 1.50. The first-order valence-corrected chi connectivity index (χ1v) is 10.3. The highest BCUT2D eigenvalue weighted by atomic mass is 19.1. The first-order valence-electron chi connectivity index (χ1n) is 10.3. The number of piperidine rings is 1. The number of nitrogens with two attached hydrogens (primary N) is 1. The minimum atomic E-state index is -0.489. The lowest BCUT2D eigenvalue weighted by Gasteiger charge is -2.31. The van der Waals surface area contributed by atoms with Gasteiger partial charge in [-0.2, -0.15) is 0 Å². The molecule has 0 saturated carbocycles. The van der Waals surface area contributed by atoms with Crippen LogP contribution in [0.5, 0.6) is 0 Å². The van der Waals surface area contributed by atoms with Gasteiger partial charge < -0.3 is 15.6 Å². The number of aromatic nitrogens is 2. The number of hydrogen-bond donors (Lipinski definition) is 2. The van der Waals surface area contributed by atoms with Gasteiger partial charge in [0.2, 0.25) is 5.91 Å². The molecule has 164 valence electrons. The largest absolute Gasteiger partial charge is 0.404 e. The number of aliphatic imine (C=N–C) groups is 1. The maximum absolute atomic E-state index is 13.3. The quantitative estimate of drug-likeness (QED) is 0.515. The number of aryl methyl sites for hydroxylation is 1. The van der Waals surface area contributed by atoms with Gasteiger partial charge >= 0.3 is 0 Å². The highest BCUT2D eigenvalue weighted by Crippen LogP contribution is 2.21. The molecule has 2 aromatic rings. The summed E-state index contributed by atoms with van der Waals surface area (Å²) in [5, 5.41) is 0.204. The highest BCUT2D eigenvalue weighted by molar-refractivity contribution is 6.14. The second-order valence-corrected chi connectivity index (χ2v) is 7.56.